The van der Waals surface area contributed by atoms with Crippen molar-refractivity contribution >= 4 is 20.9 Å². The van der Waals surface area contributed by atoms with Gasteiger partial charge in [-0.15, -0.1) is 0 Å². The molecule has 0 aliphatic carbocycles. The molecular weight excluding hydrogens is 264 g/mol. The number of benzene rings is 1. The van der Waals surface area contributed by atoms with Gasteiger partial charge in [0.15, 0.2) is 9.84 Å². The molecule has 2 atom stereocenters. The van der Waals surface area contributed by atoms with E-state index in [0.717, 1.165) is 16.9 Å². The maximum Gasteiger partial charge on any atom is 0.155 e. The van der Waals surface area contributed by atoms with Gasteiger partial charge in [-0.1, -0.05) is 19.1 Å². The average molecular weight is 280 g/mol. The molecule has 0 spiro atoms. The average Bonchev–Trinajstić information content (AvgIpc) is 2.85. The third kappa shape index (κ3) is 2.04. The van der Waals surface area contributed by atoms with Gasteiger partial charge in [0.05, 0.1) is 34.7 Å². The number of imidazole rings is 1. The lowest BCUT2D eigenvalue weighted by molar-refractivity contribution is 0.153. The van der Waals surface area contributed by atoms with E-state index in [-0.39, 0.29) is 11.5 Å². The van der Waals surface area contributed by atoms with Crippen LogP contribution in [0.3, 0.4) is 0 Å². The van der Waals surface area contributed by atoms with Gasteiger partial charge in [0.1, 0.15) is 5.82 Å². The van der Waals surface area contributed by atoms with Crippen molar-refractivity contribution in [1.82, 2.24) is 9.55 Å². The summed E-state index contributed by atoms with van der Waals surface area (Å²) in [5.74, 6) is 0.650. The van der Waals surface area contributed by atoms with Crippen molar-refractivity contribution < 1.29 is 13.5 Å². The zero-order valence-electron chi connectivity index (χ0n) is 10.7. The van der Waals surface area contributed by atoms with Crippen LogP contribution in [0.25, 0.3) is 11.0 Å². The molecule has 102 valence electrons. The third-order valence-corrected chi connectivity index (χ3v) is 5.31. The van der Waals surface area contributed by atoms with Gasteiger partial charge in [0, 0.05) is 6.42 Å². The molecule has 1 aromatic heterocycles. The highest BCUT2D eigenvalue weighted by molar-refractivity contribution is 7.91. The minimum absolute atomic E-state index is 0.0124. The van der Waals surface area contributed by atoms with Crippen LogP contribution in [-0.2, 0) is 16.3 Å². The summed E-state index contributed by atoms with van der Waals surface area (Å²) in [6, 6.07) is 7.20. The second kappa shape index (κ2) is 4.31. The maximum absolute atomic E-state index is 11.7. The number of rotatable bonds is 2. The van der Waals surface area contributed by atoms with Crippen molar-refractivity contribution in [3.8, 4) is 0 Å². The summed E-state index contributed by atoms with van der Waals surface area (Å²) in [5.41, 5.74) is 1.73. The quantitative estimate of drug-likeness (QED) is 0.888. The fourth-order valence-electron chi connectivity index (χ4n) is 2.77. The van der Waals surface area contributed by atoms with Crippen molar-refractivity contribution in [1.29, 1.82) is 0 Å². The molecule has 1 N–H and O–H groups in total. The van der Waals surface area contributed by atoms with E-state index in [2.05, 4.69) is 4.98 Å². The molecule has 5 nitrogen and oxygen atoms in total. The smallest absolute Gasteiger partial charge is 0.155 e. The number of aliphatic hydroxyl groups excluding tert-OH is 1. The molecule has 19 heavy (non-hydrogen) atoms. The van der Waals surface area contributed by atoms with Crippen molar-refractivity contribution in [3.63, 3.8) is 0 Å². The van der Waals surface area contributed by atoms with Gasteiger partial charge < -0.3 is 9.67 Å². The van der Waals surface area contributed by atoms with E-state index >= 15 is 0 Å². The lowest BCUT2D eigenvalue weighted by Crippen LogP contribution is -2.23. The lowest BCUT2D eigenvalue weighted by atomic mass is 10.2. The van der Waals surface area contributed by atoms with Crippen LogP contribution in [0.15, 0.2) is 24.3 Å². The largest absolute Gasteiger partial charge is 0.390 e. The second-order valence-electron chi connectivity index (χ2n) is 4.95. The van der Waals surface area contributed by atoms with E-state index in [1.165, 1.54) is 0 Å². The number of fused-ring (bicyclic) bond motifs is 1. The minimum atomic E-state index is -3.16. The first kappa shape index (κ1) is 12.6. The lowest BCUT2D eigenvalue weighted by Gasteiger charge is -2.18. The van der Waals surface area contributed by atoms with Gasteiger partial charge in [-0.3, -0.25) is 0 Å². The van der Waals surface area contributed by atoms with Gasteiger partial charge in [0.25, 0.3) is 0 Å². The molecule has 0 bridgehead atoms. The normalized spacial score (nSPS) is 26.0. The van der Waals surface area contributed by atoms with E-state index in [1.54, 1.807) is 0 Å². The summed E-state index contributed by atoms with van der Waals surface area (Å²) in [7, 11) is -3.16. The first-order valence-corrected chi connectivity index (χ1v) is 8.18. The molecule has 6 heteroatoms. The fourth-order valence-corrected chi connectivity index (χ4v) is 4.54. The van der Waals surface area contributed by atoms with Gasteiger partial charge in [-0.25, -0.2) is 13.4 Å². The van der Waals surface area contributed by atoms with E-state index in [4.69, 9.17) is 0 Å². The monoisotopic (exact) mass is 280 g/mol. The van der Waals surface area contributed by atoms with Crippen molar-refractivity contribution in [2.24, 2.45) is 0 Å². The maximum atomic E-state index is 11.7. The zero-order valence-corrected chi connectivity index (χ0v) is 11.5. The third-order valence-electron chi connectivity index (χ3n) is 3.61. The van der Waals surface area contributed by atoms with Crippen LogP contribution in [0.5, 0.6) is 0 Å². The van der Waals surface area contributed by atoms with Gasteiger partial charge in [-0.2, -0.15) is 0 Å². The SMILES string of the molecule is CCc1nc2ccccc2n1C1CS(=O)(=O)CC1O. The molecule has 0 radical (unpaired) electrons. The predicted molar refractivity (Wildman–Crippen MR) is 72.8 cm³/mol. The molecule has 0 amide bonds. The Labute approximate surface area is 111 Å². The highest BCUT2D eigenvalue weighted by Crippen LogP contribution is 2.30. The Balaban J connectivity index is 2.19. The Morgan fingerprint density at radius 3 is 2.74 bits per heavy atom. The summed E-state index contributed by atoms with van der Waals surface area (Å²) < 4.78 is 25.3. The van der Waals surface area contributed by atoms with Crippen LogP contribution in [0, 0.1) is 0 Å². The summed E-state index contributed by atoms with van der Waals surface area (Å²) in [6.07, 6.45) is -0.147. The molecule has 1 aliphatic heterocycles. The van der Waals surface area contributed by atoms with Crippen LogP contribution in [0.2, 0.25) is 0 Å². The summed E-state index contributed by atoms with van der Waals surface area (Å²) in [4.78, 5) is 4.51. The summed E-state index contributed by atoms with van der Waals surface area (Å²) in [6.45, 7) is 1.98. The molecule has 1 fully saturated rings. The topological polar surface area (TPSA) is 72.2 Å². The van der Waals surface area contributed by atoms with Crippen molar-refractivity contribution in [2.45, 2.75) is 25.5 Å². The number of nitrogens with zero attached hydrogens (tertiary/aromatic N) is 2. The molecule has 3 rings (SSSR count). The molecule has 1 aliphatic rings. The number of sulfone groups is 1. The Morgan fingerprint density at radius 2 is 2.11 bits per heavy atom. The predicted octanol–water partition coefficient (Wildman–Crippen LogP) is 0.929. The number of para-hydroxylation sites is 2. The van der Waals surface area contributed by atoms with E-state index in [9.17, 15) is 13.5 Å². The van der Waals surface area contributed by atoms with E-state index in [0.29, 0.717) is 6.42 Å². The second-order valence-corrected chi connectivity index (χ2v) is 7.11. The first-order chi connectivity index (χ1) is 9.02. The van der Waals surface area contributed by atoms with Gasteiger partial charge >= 0.3 is 0 Å². The van der Waals surface area contributed by atoms with Gasteiger partial charge in [0.2, 0.25) is 0 Å². The molecule has 0 saturated carbocycles. The van der Waals surface area contributed by atoms with Crippen LogP contribution in [0.1, 0.15) is 18.8 Å². The van der Waals surface area contributed by atoms with Crippen LogP contribution >= 0.6 is 0 Å². The minimum Gasteiger partial charge on any atom is -0.390 e. The fraction of sp³-hybridized carbons (Fsp3) is 0.462. The summed E-state index contributed by atoms with van der Waals surface area (Å²) in [5, 5.41) is 10.0. The summed E-state index contributed by atoms with van der Waals surface area (Å²) >= 11 is 0. The van der Waals surface area contributed by atoms with Crippen LogP contribution < -0.4 is 0 Å². The molecule has 1 saturated heterocycles. The molecule has 2 heterocycles. The number of aromatic nitrogens is 2. The zero-order chi connectivity index (χ0) is 13.6. The van der Waals surface area contributed by atoms with Crippen molar-refractivity contribution in [2.75, 3.05) is 11.5 Å². The Kier molecular flexibility index (Phi) is 2.87. The number of aliphatic hydroxyl groups is 1. The molecule has 2 aromatic rings. The van der Waals surface area contributed by atoms with Crippen molar-refractivity contribution in [3.05, 3.63) is 30.1 Å². The number of hydrogen-bond acceptors (Lipinski definition) is 4. The molecule has 2 unspecified atom stereocenters. The number of hydrogen-bond donors (Lipinski definition) is 1. The highest BCUT2D eigenvalue weighted by atomic mass is 32.2. The number of aryl methyl sites for hydroxylation is 1. The Bertz CT molecular complexity index is 721. The first-order valence-electron chi connectivity index (χ1n) is 6.36. The Hall–Kier alpha value is -1.40. The standard InChI is InChI=1S/C13H16N2O3S/c1-2-13-14-9-5-3-4-6-10(9)15(13)11-7-19(17,18)8-12(11)16/h3-6,11-12,16H,2,7-8H2,1H3. The van der Waals surface area contributed by atoms with E-state index < -0.39 is 22.0 Å². The van der Waals surface area contributed by atoms with Gasteiger partial charge in [-0.05, 0) is 12.1 Å². The molecule has 1 aromatic carbocycles. The van der Waals surface area contributed by atoms with Crippen LogP contribution in [-0.4, -0.2) is 40.7 Å². The van der Waals surface area contributed by atoms with E-state index in [1.807, 2.05) is 35.8 Å². The molecular formula is C13H16N2O3S. The highest BCUT2D eigenvalue weighted by Gasteiger charge is 2.39. The van der Waals surface area contributed by atoms with Crippen LogP contribution in [0.4, 0.5) is 0 Å². The Morgan fingerprint density at radius 1 is 1.37 bits per heavy atom.